The zero-order chi connectivity index (χ0) is 23.9. The average Bonchev–Trinajstić information content (AvgIpc) is 3.53. The SMILES string of the molecule is Cc1nnc(C(C)C)n1C1C[C@H]2CC[C@@H](C1)N2CC[C@H](c1ccsc1)C1(C(N)=O)CCCCC1. The number of primary amides is 1. The van der Waals surface area contributed by atoms with E-state index in [1.165, 1.54) is 37.7 Å². The zero-order valence-electron chi connectivity index (χ0n) is 21.1. The minimum Gasteiger partial charge on any atom is -0.369 e. The lowest BCUT2D eigenvalue weighted by Crippen LogP contribution is -2.47. The van der Waals surface area contributed by atoms with Gasteiger partial charge in [-0.1, -0.05) is 33.1 Å². The van der Waals surface area contributed by atoms with Crippen molar-refractivity contribution in [2.24, 2.45) is 11.1 Å². The Labute approximate surface area is 208 Å². The normalized spacial score (nSPS) is 27.8. The fourth-order valence-corrected chi connectivity index (χ4v) is 8.23. The maximum Gasteiger partial charge on any atom is 0.224 e. The van der Waals surface area contributed by atoms with Crippen LogP contribution in [0.25, 0.3) is 0 Å². The summed E-state index contributed by atoms with van der Waals surface area (Å²) in [4.78, 5) is 15.7. The molecule has 4 atom stereocenters. The second-order valence-corrected chi connectivity index (χ2v) is 12.1. The molecule has 2 aliphatic heterocycles. The molecule has 6 nitrogen and oxygen atoms in total. The van der Waals surface area contributed by atoms with Gasteiger partial charge in [0, 0.05) is 30.0 Å². The molecule has 5 rings (SSSR count). The number of hydrogen-bond donors (Lipinski definition) is 1. The van der Waals surface area contributed by atoms with Crippen molar-refractivity contribution in [3.63, 3.8) is 0 Å². The first-order valence-electron chi connectivity index (χ1n) is 13.4. The Bertz CT molecular complexity index is 963. The van der Waals surface area contributed by atoms with Gasteiger partial charge in [-0.3, -0.25) is 9.69 Å². The number of rotatable bonds is 8. The van der Waals surface area contributed by atoms with E-state index >= 15 is 0 Å². The number of fused-ring (bicyclic) bond motifs is 2. The fourth-order valence-electron chi connectivity index (χ4n) is 7.51. The van der Waals surface area contributed by atoms with Crippen molar-refractivity contribution < 1.29 is 4.79 Å². The van der Waals surface area contributed by atoms with Crippen LogP contribution in [0, 0.1) is 12.3 Å². The van der Waals surface area contributed by atoms with Crippen LogP contribution in [0.4, 0.5) is 0 Å². The second-order valence-electron chi connectivity index (χ2n) is 11.4. The van der Waals surface area contributed by atoms with Crippen molar-refractivity contribution in [3.8, 4) is 0 Å². The molecule has 186 valence electrons. The Hall–Kier alpha value is -1.73. The van der Waals surface area contributed by atoms with E-state index in [9.17, 15) is 4.79 Å². The number of carbonyl (C=O) groups is 1. The van der Waals surface area contributed by atoms with Crippen LogP contribution in [0.2, 0.25) is 0 Å². The summed E-state index contributed by atoms with van der Waals surface area (Å²) in [5.41, 5.74) is 7.10. The van der Waals surface area contributed by atoms with E-state index in [0.717, 1.165) is 50.3 Å². The van der Waals surface area contributed by atoms with Crippen molar-refractivity contribution in [3.05, 3.63) is 34.0 Å². The minimum atomic E-state index is -0.373. The largest absolute Gasteiger partial charge is 0.369 e. The lowest BCUT2D eigenvalue weighted by atomic mass is 9.62. The van der Waals surface area contributed by atoms with Crippen molar-refractivity contribution in [1.82, 2.24) is 19.7 Å². The summed E-state index contributed by atoms with van der Waals surface area (Å²) in [5.74, 6) is 2.74. The van der Waals surface area contributed by atoms with Crippen LogP contribution in [0.1, 0.15) is 113 Å². The molecule has 4 heterocycles. The topological polar surface area (TPSA) is 77.0 Å². The first kappa shape index (κ1) is 24.0. The number of nitrogens with two attached hydrogens (primary N) is 1. The zero-order valence-corrected chi connectivity index (χ0v) is 21.9. The monoisotopic (exact) mass is 483 g/mol. The van der Waals surface area contributed by atoms with Crippen LogP contribution < -0.4 is 5.73 Å². The van der Waals surface area contributed by atoms with Crippen molar-refractivity contribution in [2.75, 3.05) is 6.54 Å². The van der Waals surface area contributed by atoms with Crippen LogP contribution >= 0.6 is 11.3 Å². The molecule has 1 saturated carbocycles. The van der Waals surface area contributed by atoms with E-state index in [2.05, 4.69) is 57.3 Å². The quantitative estimate of drug-likeness (QED) is 0.534. The molecule has 7 heteroatoms. The number of hydrogen-bond acceptors (Lipinski definition) is 5. The van der Waals surface area contributed by atoms with E-state index in [4.69, 9.17) is 5.73 Å². The first-order chi connectivity index (χ1) is 16.4. The highest BCUT2D eigenvalue weighted by Gasteiger charge is 2.47. The summed E-state index contributed by atoms with van der Waals surface area (Å²) in [5, 5.41) is 13.3. The Balaban J connectivity index is 1.33. The fraction of sp³-hybridized carbons (Fsp3) is 0.741. The maximum absolute atomic E-state index is 12.9. The number of amides is 1. The van der Waals surface area contributed by atoms with Crippen molar-refractivity contribution in [1.29, 1.82) is 0 Å². The molecule has 2 aromatic rings. The molecule has 0 aromatic carbocycles. The summed E-state index contributed by atoms with van der Waals surface area (Å²) in [6.45, 7) is 7.60. The average molecular weight is 484 g/mol. The van der Waals surface area contributed by atoms with Gasteiger partial charge in [-0.15, -0.1) is 10.2 Å². The molecule has 0 radical (unpaired) electrons. The minimum absolute atomic E-state index is 0.0747. The molecular formula is C27H41N5OS. The van der Waals surface area contributed by atoms with Crippen LogP contribution in [-0.4, -0.2) is 44.2 Å². The van der Waals surface area contributed by atoms with E-state index in [1.54, 1.807) is 11.3 Å². The molecule has 0 spiro atoms. The number of piperidine rings is 1. The van der Waals surface area contributed by atoms with Gasteiger partial charge in [-0.25, -0.2) is 0 Å². The van der Waals surface area contributed by atoms with Crippen LogP contribution in [0.5, 0.6) is 0 Å². The Morgan fingerprint density at radius 1 is 1.15 bits per heavy atom. The van der Waals surface area contributed by atoms with Gasteiger partial charge in [-0.2, -0.15) is 11.3 Å². The first-order valence-corrected chi connectivity index (χ1v) is 14.3. The van der Waals surface area contributed by atoms with E-state index in [1.807, 2.05) is 0 Å². The lowest BCUT2D eigenvalue weighted by Gasteiger charge is -2.44. The molecule has 2 aromatic heterocycles. The van der Waals surface area contributed by atoms with Gasteiger partial charge in [-0.05, 0) is 80.8 Å². The summed E-state index contributed by atoms with van der Waals surface area (Å²) in [6.07, 6.45) is 11.3. The summed E-state index contributed by atoms with van der Waals surface area (Å²) in [7, 11) is 0. The van der Waals surface area contributed by atoms with Gasteiger partial charge in [0.15, 0.2) is 0 Å². The summed E-state index contributed by atoms with van der Waals surface area (Å²) in [6, 6.07) is 3.97. The lowest BCUT2D eigenvalue weighted by molar-refractivity contribution is -0.131. The predicted octanol–water partition coefficient (Wildman–Crippen LogP) is 5.55. The van der Waals surface area contributed by atoms with Crippen LogP contribution in [0.3, 0.4) is 0 Å². The van der Waals surface area contributed by atoms with Crippen molar-refractivity contribution in [2.45, 2.75) is 115 Å². The van der Waals surface area contributed by atoms with Gasteiger partial charge < -0.3 is 10.3 Å². The number of nitrogens with zero attached hydrogens (tertiary/aromatic N) is 4. The van der Waals surface area contributed by atoms with Gasteiger partial charge in [0.25, 0.3) is 0 Å². The molecule has 2 N–H and O–H groups in total. The van der Waals surface area contributed by atoms with Gasteiger partial charge >= 0.3 is 0 Å². The van der Waals surface area contributed by atoms with Gasteiger partial charge in [0.2, 0.25) is 5.91 Å². The molecule has 3 aliphatic rings. The third-order valence-corrected chi connectivity index (χ3v) is 9.86. The molecule has 1 amide bonds. The second kappa shape index (κ2) is 9.73. The number of aromatic nitrogens is 3. The van der Waals surface area contributed by atoms with E-state index in [-0.39, 0.29) is 17.2 Å². The summed E-state index contributed by atoms with van der Waals surface area (Å²) >= 11 is 1.74. The van der Waals surface area contributed by atoms with Crippen LogP contribution in [-0.2, 0) is 4.79 Å². The highest BCUT2D eigenvalue weighted by atomic mass is 32.1. The Kier molecular flexibility index (Phi) is 6.86. The highest BCUT2D eigenvalue weighted by Crippen LogP contribution is 2.50. The smallest absolute Gasteiger partial charge is 0.224 e. The third kappa shape index (κ3) is 4.23. The third-order valence-electron chi connectivity index (χ3n) is 9.16. The number of aryl methyl sites for hydroxylation is 1. The molecule has 2 saturated heterocycles. The van der Waals surface area contributed by atoms with E-state index < -0.39 is 0 Å². The molecule has 34 heavy (non-hydrogen) atoms. The standard InChI is InChI=1S/C27H41N5OS/c1-18(2)25-30-29-19(3)32(25)23-15-21-7-8-22(16-23)31(21)13-9-24(20-10-14-34-17-20)27(26(28)33)11-5-4-6-12-27/h10,14,17-18,21-24H,4-9,11-13,15-16H2,1-3H3,(H2,28,33)/t21-,22+,23?,24-/m1/s1. The highest BCUT2D eigenvalue weighted by molar-refractivity contribution is 7.08. The molecule has 2 bridgehead atoms. The van der Waals surface area contributed by atoms with Gasteiger partial charge in [0.05, 0.1) is 5.41 Å². The predicted molar refractivity (Wildman–Crippen MR) is 137 cm³/mol. The molecule has 1 unspecified atom stereocenters. The molecule has 1 aliphatic carbocycles. The Morgan fingerprint density at radius 3 is 2.44 bits per heavy atom. The molecular weight excluding hydrogens is 442 g/mol. The number of thiophene rings is 1. The summed E-state index contributed by atoms with van der Waals surface area (Å²) < 4.78 is 2.44. The number of carbonyl (C=O) groups excluding carboxylic acids is 1. The van der Waals surface area contributed by atoms with E-state index in [0.29, 0.717) is 24.0 Å². The van der Waals surface area contributed by atoms with Crippen molar-refractivity contribution >= 4 is 17.2 Å². The van der Waals surface area contributed by atoms with Crippen LogP contribution in [0.15, 0.2) is 16.8 Å². The van der Waals surface area contributed by atoms with Gasteiger partial charge in [0.1, 0.15) is 11.6 Å². The molecule has 3 fully saturated rings. The Morgan fingerprint density at radius 2 is 1.85 bits per heavy atom. The maximum atomic E-state index is 12.9.